The van der Waals surface area contributed by atoms with Crippen LogP contribution in [0.2, 0.25) is 0 Å². The zero-order valence-electron chi connectivity index (χ0n) is 9.60. The monoisotopic (exact) mass is 242 g/mol. The second kappa shape index (κ2) is 3.73. The van der Waals surface area contributed by atoms with Gasteiger partial charge in [-0.15, -0.1) is 0 Å². The fourth-order valence-corrected chi connectivity index (χ4v) is 1.78. The minimum atomic E-state index is -0.349. The molecule has 2 N–H and O–H groups in total. The van der Waals surface area contributed by atoms with E-state index in [4.69, 9.17) is 4.42 Å². The van der Waals surface area contributed by atoms with E-state index in [0.717, 1.165) is 0 Å². The summed E-state index contributed by atoms with van der Waals surface area (Å²) >= 11 is 0. The number of hydrogen-bond donors (Lipinski definition) is 2. The zero-order valence-corrected chi connectivity index (χ0v) is 9.60. The summed E-state index contributed by atoms with van der Waals surface area (Å²) in [5.41, 5.74) is 2.32. The number of furan rings is 2. The van der Waals surface area contributed by atoms with Crippen LogP contribution in [0.3, 0.4) is 0 Å². The molecule has 0 atom stereocenters. The molecule has 0 saturated heterocycles. The molecule has 0 aromatic carbocycles. The van der Waals surface area contributed by atoms with Crippen LogP contribution < -0.4 is 5.32 Å². The van der Waals surface area contributed by atoms with Gasteiger partial charge in [-0.3, -0.25) is 4.79 Å². The van der Waals surface area contributed by atoms with Crippen LogP contribution in [-0.4, -0.2) is 16.0 Å². The van der Waals surface area contributed by atoms with Gasteiger partial charge in [-0.25, -0.2) is 4.98 Å². The second-order valence-electron chi connectivity index (χ2n) is 4.03. The third kappa shape index (κ3) is 1.66. The smallest absolute Gasteiger partial charge is 0.260 e. The van der Waals surface area contributed by atoms with Crippen LogP contribution in [0.25, 0.3) is 11.2 Å². The quantitative estimate of drug-likeness (QED) is 0.724. The van der Waals surface area contributed by atoms with E-state index in [1.807, 2.05) is 0 Å². The van der Waals surface area contributed by atoms with Crippen LogP contribution in [0.5, 0.6) is 5.75 Å². The lowest BCUT2D eigenvalue weighted by atomic mass is 10.2. The molecule has 0 unspecified atom stereocenters. The SMILES string of the molecule is Cc1ccc(O)c(NC(=O)c2cc3ccc2o3)n1. The number of amides is 1. The molecule has 0 radical (unpaired) electrons. The molecule has 3 aromatic heterocycles. The Kier molecular flexibility index (Phi) is 2.19. The van der Waals surface area contributed by atoms with Crippen LogP contribution in [0.1, 0.15) is 16.1 Å². The number of carbonyl (C=O) groups is 1. The molecule has 0 aliphatic rings. The Morgan fingerprint density at radius 3 is 2.83 bits per heavy atom. The van der Waals surface area contributed by atoms with Crippen LogP contribution in [0, 0.1) is 6.92 Å². The lowest BCUT2D eigenvalue weighted by molar-refractivity contribution is 0.102. The molecule has 2 bridgehead atoms. The van der Waals surface area contributed by atoms with Gasteiger partial charge >= 0.3 is 0 Å². The number of rotatable bonds is 2. The summed E-state index contributed by atoms with van der Waals surface area (Å²) in [5.74, 6) is -0.261. The van der Waals surface area contributed by atoms with Gasteiger partial charge in [0.1, 0.15) is 11.2 Å². The van der Waals surface area contributed by atoms with Gasteiger partial charge < -0.3 is 14.8 Å². The topological polar surface area (TPSA) is 75.4 Å². The normalized spacial score (nSPS) is 10.9. The number of aromatic nitrogens is 1. The first-order valence-electron chi connectivity index (χ1n) is 5.43. The average molecular weight is 242 g/mol. The molecule has 3 heterocycles. The summed E-state index contributed by atoms with van der Waals surface area (Å²) in [4.78, 5) is 16.1. The molecule has 3 rings (SSSR count). The van der Waals surface area contributed by atoms with Gasteiger partial charge in [0.2, 0.25) is 0 Å². The van der Waals surface area contributed by atoms with Crippen molar-refractivity contribution in [2.45, 2.75) is 6.92 Å². The minimum absolute atomic E-state index is 0.0631. The molecule has 0 spiro atoms. The maximum absolute atomic E-state index is 12.0. The summed E-state index contributed by atoms with van der Waals surface area (Å²) in [5, 5.41) is 12.2. The molecule has 3 aromatic rings. The first kappa shape index (κ1) is 10.6. The van der Waals surface area contributed by atoms with Gasteiger partial charge in [0.25, 0.3) is 5.91 Å². The van der Waals surface area contributed by atoms with Crippen LogP contribution in [-0.2, 0) is 0 Å². The molecule has 1 amide bonds. The van der Waals surface area contributed by atoms with Gasteiger partial charge in [-0.2, -0.15) is 0 Å². The molecule has 0 fully saturated rings. The summed E-state index contributed by atoms with van der Waals surface area (Å²) in [7, 11) is 0. The van der Waals surface area contributed by atoms with Crippen molar-refractivity contribution in [3.8, 4) is 5.75 Å². The van der Waals surface area contributed by atoms with E-state index in [2.05, 4.69) is 10.3 Å². The predicted molar refractivity (Wildman–Crippen MR) is 66.0 cm³/mol. The minimum Gasteiger partial charge on any atom is -0.504 e. The lowest BCUT2D eigenvalue weighted by Gasteiger charge is -2.06. The Morgan fingerprint density at radius 2 is 2.17 bits per heavy atom. The number of carbonyl (C=O) groups excluding carboxylic acids is 1. The Balaban J connectivity index is 1.90. The van der Waals surface area contributed by atoms with E-state index in [0.29, 0.717) is 22.4 Å². The highest BCUT2D eigenvalue weighted by atomic mass is 16.3. The fraction of sp³-hybridized carbons (Fsp3) is 0.0769. The summed E-state index contributed by atoms with van der Waals surface area (Å²) in [6, 6.07) is 8.32. The van der Waals surface area contributed by atoms with Gasteiger partial charge in [-0.1, -0.05) is 0 Å². The van der Waals surface area contributed by atoms with Crippen LogP contribution in [0.15, 0.2) is 34.7 Å². The van der Waals surface area contributed by atoms with Crippen molar-refractivity contribution in [1.82, 2.24) is 4.98 Å². The van der Waals surface area contributed by atoms with Crippen LogP contribution in [0.4, 0.5) is 5.82 Å². The highest BCUT2D eigenvalue weighted by Gasteiger charge is 2.16. The number of hydrogen-bond acceptors (Lipinski definition) is 4. The molecule has 0 saturated carbocycles. The van der Waals surface area contributed by atoms with Crippen molar-refractivity contribution < 1.29 is 14.3 Å². The number of pyridine rings is 1. The Labute approximate surface area is 102 Å². The van der Waals surface area contributed by atoms with Crippen molar-refractivity contribution in [2.75, 3.05) is 5.32 Å². The van der Waals surface area contributed by atoms with Gasteiger partial charge in [-0.05, 0) is 37.3 Å². The number of fused-ring (bicyclic) bond motifs is 2. The van der Waals surface area contributed by atoms with E-state index in [9.17, 15) is 9.90 Å². The molecule has 5 heteroatoms. The predicted octanol–water partition coefficient (Wildman–Crippen LogP) is 2.53. The number of aryl methyl sites for hydroxylation is 1. The molecular weight excluding hydrogens is 232 g/mol. The molecule has 5 nitrogen and oxygen atoms in total. The number of benzene rings is 1. The molecule has 0 aliphatic carbocycles. The molecular formula is C13H10N2O3. The fourth-order valence-electron chi connectivity index (χ4n) is 1.78. The summed E-state index contributed by atoms with van der Waals surface area (Å²) in [6.07, 6.45) is 0. The van der Waals surface area contributed by atoms with E-state index < -0.39 is 0 Å². The van der Waals surface area contributed by atoms with Crippen molar-refractivity contribution in [1.29, 1.82) is 0 Å². The number of anilines is 1. The first-order chi connectivity index (χ1) is 8.63. The zero-order chi connectivity index (χ0) is 12.7. The summed E-state index contributed by atoms with van der Waals surface area (Å²) < 4.78 is 5.28. The lowest BCUT2D eigenvalue weighted by Crippen LogP contribution is -2.13. The highest BCUT2D eigenvalue weighted by Crippen LogP contribution is 2.25. The van der Waals surface area contributed by atoms with Gasteiger partial charge in [0, 0.05) is 5.69 Å². The van der Waals surface area contributed by atoms with Crippen molar-refractivity contribution in [3.05, 3.63) is 41.6 Å². The maximum Gasteiger partial charge on any atom is 0.260 e. The molecule has 90 valence electrons. The highest BCUT2D eigenvalue weighted by molar-refractivity contribution is 6.10. The van der Waals surface area contributed by atoms with E-state index in [1.54, 1.807) is 31.2 Å². The first-order valence-corrected chi connectivity index (χ1v) is 5.43. The van der Waals surface area contributed by atoms with E-state index in [1.165, 1.54) is 6.07 Å². The van der Waals surface area contributed by atoms with E-state index in [-0.39, 0.29) is 17.5 Å². The van der Waals surface area contributed by atoms with Crippen molar-refractivity contribution >= 4 is 22.9 Å². The Hall–Kier alpha value is -2.56. The second-order valence-corrected chi connectivity index (χ2v) is 4.03. The van der Waals surface area contributed by atoms with E-state index >= 15 is 0 Å². The third-order valence-electron chi connectivity index (χ3n) is 2.67. The Morgan fingerprint density at radius 1 is 1.33 bits per heavy atom. The van der Waals surface area contributed by atoms with Crippen LogP contribution >= 0.6 is 0 Å². The number of nitrogens with one attached hydrogen (secondary N) is 1. The number of aromatic hydroxyl groups is 1. The Bertz CT molecular complexity index is 718. The standard InChI is InChI=1S/C13H10N2O3/c1-7-2-4-10(16)12(14-7)15-13(17)9-6-8-3-5-11(9)18-8/h2-6,16H,1H3,(H,14,15,17). The summed E-state index contributed by atoms with van der Waals surface area (Å²) in [6.45, 7) is 1.78. The molecule has 18 heavy (non-hydrogen) atoms. The van der Waals surface area contributed by atoms with Gasteiger partial charge in [0.15, 0.2) is 11.6 Å². The molecule has 0 aliphatic heterocycles. The van der Waals surface area contributed by atoms with Crippen molar-refractivity contribution in [3.63, 3.8) is 0 Å². The average Bonchev–Trinajstić information content (AvgIpc) is 2.96. The number of nitrogens with zero attached hydrogens (tertiary/aromatic N) is 1. The maximum atomic E-state index is 12.0. The largest absolute Gasteiger partial charge is 0.504 e. The van der Waals surface area contributed by atoms with Gasteiger partial charge in [0.05, 0.1) is 5.56 Å². The van der Waals surface area contributed by atoms with Crippen molar-refractivity contribution in [2.24, 2.45) is 0 Å². The third-order valence-corrected chi connectivity index (χ3v) is 2.67.